The number of rotatable bonds is 4. The minimum absolute atomic E-state index is 0.0729. The Morgan fingerprint density at radius 3 is 2.70 bits per heavy atom. The van der Waals surface area contributed by atoms with Gasteiger partial charge in [0.15, 0.2) is 0 Å². The Hall–Kier alpha value is -2.92. The molecule has 138 valence electrons. The molecule has 1 aromatic heterocycles. The van der Waals surface area contributed by atoms with Crippen LogP contribution in [0.1, 0.15) is 11.3 Å². The largest absolute Gasteiger partial charge is 0.457 e. The molecule has 2 heterocycles. The van der Waals surface area contributed by atoms with E-state index in [4.69, 9.17) is 9.47 Å². The van der Waals surface area contributed by atoms with Crippen LogP contribution in [-0.4, -0.2) is 42.1 Å². The quantitative estimate of drug-likeness (QED) is 0.709. The highest BCUT2D eigenvalue weighted by atomic mass is 16.5. The molecular formula is C22H22N2O3. The number of amides is 1. The number of morpholine rings is 1. The number of pyridine rings is 1. The molecule has 3 aromatic rings. The van der Waals surface area contributed by atoms with E-state index in [1.54, 1.807) is 6.20 Å². The molecular weight excluding hydrogens is 340 g/mol. The van der Waals surface area contributed by atoms with Crippen molar-refractivity contribution >= 4 is 16.7 Å². The van der Waals surface area contributed by atoms with Crippen LogP contribution in [-0.2, 0) is 16.0 Å². The van der Waals surface area contributed by atoms with Gasteiger partial charge in [0, 0.05) is 30.7 Å². The lowest BCUT2D eigenvalue weighted by atomic mass is 10.0. The molecule has 1 amide bonds. The van der Waals surface area contributed by atoms with Crippen LogP contribution in [0.3, 0.4) is 0 Å². The molecule has 0 atom stereocenters. The maximum Gasteiger partial charge on any atom is 0.228 e. The number of fused-ring (bicyclic) bond motifs is 1. The Labute approximate surface area is 158 Å². The van der Waals surface area contributed by atoms with Crippen molar-refractivity contribution < 1.29 is 14.3 Å². The first kappa shape index (κ1) is 17.5. The lowest BCUT2D eigenvalue weighted by Gasteiger charge is -2.26. The van der Waals surface area contributed by atoms with Gasteiger partial charge in [0.2, 0.25) is 5.91 Å². The lowest BCUT2D eigenvalue weighted by Crippen LogP contribution is -2.41. The Morgan fingerprint density at radius 1 is 1.11 bits per heavy atom. The molecule has 5 heteroatoms. The molecule has 1 aliphatic rings. The molecule has 2 aromatic carbocycles. The first-order valence-electron chi connectivity index (χ1n) is 9.17. The monoisotopic (exact) mass is 362 g/mol. The summed E-state index contributed by atoms with van der Waals surface area (Å²) in [6.45, 7) is 4.58. The number of carbonyl (C=O) groups excluding carboxylic acids is 1. The molecule has 1 fully saturated rings. The van der Waals surface area contributed by atoms with Crippen molar-refractivity contribution in [1.82, 2.24) is 9.88 Å². The van der Waals surface area contributed by atoms with E-state index >= 15 is 0 Å². The highest BCUT2D eigenvalue weighted by Crippen LogP contribution is 2.31. The molecule has 0 N–H and O–H groups in total. The first-order valence-corrected chi connectivity index (χ1v) is 9.17. The molecule has 1 aliphatic heterocycles. The minimum atomic E-state index is 0.0729. The zero-order valence-electron chi connectivity index (χ0n) is 15.4. The number of ether oxygens (including phenoxy) is 2. The van der Waals surface area contributed by atoms with Gasteiger partial charge in [-0.1, -0.05) is 30.3 Å². The molecule has 27 heavy (non-hydrogen) atoms. The van der Waals surface area contributed by atoms with E-state index in [9.17, 15) is 4.79 Å². The fourth-order valence-electron chi connectivity index (χ4n) is 3.33. The molecule has 4 rings (SSSR count). The third-order valence-electron chi connectivity index (χ3n) is 4.81. The van der Waals surface area contributed by atoms with E-state index in [-0.39, 0.29) is 12.3 Å². The molecule has 0 unspecified atom stereocenters. The van der Waals surface area contributed by atoms with Crippen LogP contribution in [0.2, 0.25) is 0 Å². The first-order chi connectivity index (χ1) is 13.2. The standard InChI is InChI=1S/C22H22N2O3/c1-16-6-7-21(20-5-3-2-4-19(16)20)27-18-8-9-23-17(14-18)15-22(25)24-10-12-26-13-11-24/h2-9,14H,10-13,15H2,1H3. The summed E-state index contributed by atoms with van der Waals surface area (Å²) in [6, 6.07) is 15.9. The predicted molar refractivity (Wildman–Crippen MR) is 104 cm³/mol. The van der Waals surface area contributed by atoms with Gasteiger partial charge in [-0.3, -0.25) is 9.78 Å². The summed E-state index contributed by atoms with van der Waals surface area (Å²) in [6.07, 6.45) is 1.96. The average Bonchev–Trinajstić information content (AvgIpc) is 2.71. The van der Waals surface area contributed by atoms with Gasteiger partial charge in [-0.15, -0.1) is 0 Å². The second-order valence-corrected chi connectivity index (χ2v) is 6.68. The number of aromatic nitrogens is 1. The van der Waals surface area contributed by atoms with Gasteiger partial charge in [0.1, 0.15) is 11.5 Å². The van der Waals surface area contributed by atoms with Crippen molar-refractivity contribution in [3.63, 3.8) is 0 Å². The van der Waals surface area contributed by atoms with E-state index < -0.39 is 0 Å². The Morgan fingerprint density at radius 2 is 1.89 bits per heavy atom. The van der Waals surface area contributed by atoms with Crippen LogP contribution in [0.25, 0.3) is 10.8 Å². The van der Waals surface area contributed by atoms with E-state index in [1.165, 1.54) is 10.9 Å². The summed E-state index contributed by atoms with van der Waals surface area (Å²) in [4.78, 5) is 18.6. The SMILES string of the molecule is Cc1ccc(Oc2ccnc(CC(=O)N3CCOCC3)c2)c2ccccc12. The number of hydrogen-bond donors (Lipinski definition) is 0. The molecule has 0 saturated carbocycles. The van der Waals surface area contributed by atoms with Crippen LogP contribution in [0.15, 0.2) is 54.7 Å². The molecule has 0 bridgehead atoms. The van der Waals surface area contributed by atoms with E-state index in [0.717, 1.165) is 11.1 Å². The number of benzene rings is 2. The van der Waals surface area contributed by atoms with Crippen molar-refractivity contribution in [2.45, 2.75) is 13.3 Å². The van der Waals surface area contributed by atoms with Crippen LogP contribution in [0.5, 0.6) is 11.5 Å². The van der Waals surface area contributed by atoms with Crippen molar-refractivity contribution in [3.8, 4) is 11.5 Å². The zero-order chi connectivity index (χ0) is 18.6. The predicted octanol–water partition coefficient (Wildman–Crippen LogP) is 3.74. The fraction of sp³-hybridized carbons (Fsp3) is 0.273. The summed E-state index contributed by atoms with van der Waals surface area (Å²) in [5, 5.41) is 2.24. The lowest BCUT2D eigenvalue weighted by molar-refractivity contribution is -0.134. The van der Waals surface area contributed by atoms with E-state index in [2.05, 4.69) is 30.1 Å². The second kappa shape index (κ2) is 7.76. The van der Waals surface area contributed by atoms with Crippen LogP contribution >= 0.6 is 0 Å². The number of nitrogens with zero attached hydrogens (tertiary/aromatic N) is 2. The Balaban J connectivity index is 1.53. The third kappa shape index (κ3) is 3.93. The number of hydrogen-bond acceptors (Lipinski definition) is 4. The van der Waals surface area contributed by atoms with Gasteiger partial charge in [0.05, 0.1) is 25.3 Å². The number of carbonyl (C=O) groups is 1. The smallest absolute Gasteiger partial charge is 0.228 e. The van der Waals surface area contributed by atoms with E-state index in [1.807, 2.05) is 35.2 Å². The van der Waals surface area contributed by atoms with Gasteiger partial charge < -0.3 is 14.4 Å². The van der Waals surface area contributed by atoms with Crippen molar-refractivity contribution in [2.75, 3.05) is 26.3 Å². The van der Waals surface area contributed by atoms with Crippen LogP contribution in [0, 0.1) is 6.92 Å². The van der Waals surface area contributed by atoms with Crippen LogP contribution in [0.4, 0.5) is 0 Å². The Kier molecular flexibility index (Phi) is 5.03. The van der Waals surface area contributed by atoms with Gasteiger partial charge >= 0.3 is 0 Å². The highest BCUT2D eigenvalue weighted by molar-refractivity contribution is 5.91. The molecule has 0 radical (unpaired) electrons. The molecule has 1 saturated heterocycles. The van der Waals surface area contributed by atoms with Gasteiger partial charge in [-0.25, -0.2) is 0 Å². The van der Waals surface area contributed by atoms with Gasteiger partial charge in [-0.2, -0.15) is 0 Å². The highest BCUT2D eigenvalue weighted by Gasteiger charge is 2.17. The third-order valence-corrected chi connectivity index (χ3v) is 4.81. The Bertz CT molecular complexity index is 965. The molecule has 0 aliphatic carbocycles. The fourth-order valence-corrected chi connectivity index (χ4v) is 3.33. The van der Waals surface area contributed by atoms with Crippen molar-refractivity contribution in [3.05, 3.63) is 66.0 Å². The molecule has 5 nitrogen and oxygen atoms in total. The summed E-state index contributed by atoms with van der Waals surface area (Å²) >= 11 is 0. The normalized spacial score (nSPS) is 14.3. The van der Waals surface area contributed by atoms with E-state index in [0.29, 0.717) is 37.7 Å². The molecule has 0 spiro atoms. The summed E-state index contributed by atoms with van der Waals surface area (Å²) < 4.78 is 11.4. The maximum absolute atomic E-state index is 12.4. The summed E-state index contributed by atoms with van der Waals surface area (Å²) in [7, 11) is 0. The van der Waals surface area contributed by atoms with Crippen LogP contribution < -0.4 is 4.74 Å². The van der Waals surface area contributed by atoms with Gasteiger partial charge in [0.25, 0.3) is 0 Å². The van der Waals surface area contributed by atoms with Crippen molar-refractivity contribution in [2.24, 2.45) is 0 Å². The average molecular weight is 362 g/mol. The topological polar surface area (TPSA) is 51.7 Å². The number of aryl methyl sites for hydroxylation is 1. The summed E-state index contributed by atoms with van der Waals surface area (Å²) in [5.74, 6) is 1.56. The zero-order valence-corrected chi connectivity index (χ0v) is 15.4. The summed E-state index contributed by atoms with van der Waals surface area (Å²) in [5.41, 5.74) is 1.92. The minimum Gasteiger partial charge on any atom is -0.457 e. The van der Waals surface area contributed by atoms with Crippen molar-refractivity contribution in [1.29, 1.82) is 0 Å². The maximum atomic E-state index is 12.4. The van der Waals surface area contributed by atoms with Gasteiger partial charge in [-0.05, 0) is 30.0 Å². The second-order valence-electron chi connectivity index (χ2n) is 6.68.